The van der Waals surface area contributed by atoms with Crippen LogP contribution in [0.1, 0.15) is 23.6 Å². The third-order valence-corrected chi connectivity index (χ3v) is 4.74. The lowest BCUT2D eigenvalue weighted by Gasteiger charge is -2.25. The zero-order valence-electron chi connectivity index (χ0n) is 15.1. The normalized spacial score (nSPS) is 14.4. The number of fused-ring (bicyclic) bond motifs is 1. The first-order valence-corrected chi connectivity index (χ1v) is 8.96. The van der Waals surface area contributed by atoms with Crippen molar-refractivity contribution < 1.29 is 14.6 Å². The predicted molar refractivity (Wildman–Crippen MR) is 100 cm³/mol. The molecule has 2 aromatic rings. The van der Waals surface area contributed by atoms with E-state index in [1.807, 2.05) is 24.3 Å². The zero-order valence-corrected chi connectivity index (χ0v) is 15.1. The largest absolute Gasteiger partial charge is 0.496 e. The number of hydrogen-bond acceptors (Lipinski definition) is 4. The van der Waals surface area contributed by atoms with Gasteiger partial charge in [0.25, 0.3) is 0 Å². The first-order chi connectivity index (χ1) is 12.2. The van der Waals surface area contributed by atoms with Gasteiger partial charge in [0.2, 0.25) is 0 Å². The van der Waals surface area contributed by atoms with Gasteiger partial charge < -0.3 is 19.5 Å². The van der Waals surface area contributed by atoms with Gasteiger partial charge in [0.1, 0.15) is 5.75 Å². The van der Waals surface area contributed by atoms with Crippen LogP contribution in [0.25, 0.3) is 0 Å². The van der Waals surface area contributed by atoms with Crippen molar-refractivity contribution in [3.05, 3.63) is 59.2 Å². The van der Waals surface area contributed by atoms with E-state index in [0.717, 1.165) is 30.7 Å². The molecule has 1 aliphatic heterocycles. The van der Waals surface area contributed by atoms with E-state index in [1.165, 1.54) is 16.8 Å². The number of anilines is 1. The Labute approximate surface area is 150 Å². The highest BCUT2D eigenvalue weighted by atomic mass is 16.5. The van der Waals surface area contributed by atoms with E-state index in [1.54, 1.807) is 7.11 Å². The Bertz CT molecular complexity index is 701. The van der Waals surface area contributed by atoms with Gasteiger partial charge in [0.05, 0.1) is 26.4 Å². The topological polar surface area (TPSA) is 41.9 Å². The summed E-state index contributed by atoms with van der Waals surface area (Å²) in [6.07, 6.45) is 1.56. The van der Waals surface area contributed by atoms with Crippen molar-refractivity contribution in [1.29, 1.82) is 0 Å². The molecule has 0 aliphatic carbocycles. The van der Waals surface area contributed by atoms with Gasteiger partial charge >= 0.3 is 0 Å². The number of rotatable bonds is 8. The van der Waals surface area contributed by atoms with E-state index in [-0.39, 0.29) is 0 Å². The molecule has 3 rings (SSSR count). The number of nitrogens with zero attached hydrogens (tertiary/aromatic N) is 1. The number of hydrogen-bond donors (Lipinski definition) is 1. The van der Waals surface area contributed by atoms with Gasteiger partial charge in [0.15, 0.2) is 0 Å². The molecule has 1 aliphatic rings. The molecule has 0 radical (unpaired) electrons. The summed E-state index contributed by atoms with van der Waals surface area (Å²) >= 11 is 0. The first-order valence-electron chi connectivity index (χ1n) is 8.96. The summed E-state index contributed by atoms with van der Waals surface area (Å²) in [4.78, 5) is 2.30. The van der Waals surface area contributed by atoms with Crippen molar-refractivity contribution in [2.45, 2.75) is 32.5 Å². The van der Waals surface area contributed by atoms with Crippen molar-refractivity contribution >= 4 is 5.69 Å². The van der Waals surface area contributed by atoms with E-state index in [4.69, 9.17) is 9.47 Å². The fourth-order valence-corrected chi connectivity index (χ4v) is 3.52. The number of aliphatic hydroxyl groups is 1. The second-order valence-electron chi connectivity index (χ2n) is 6.46. The molecule has 25 heavy (non-hydrogen) atoms. The average molecular weight is 341 g/mol. The van der Waals surface area contributed by atoms with Crippen LogP contribution in [-0.2, 0) is 24.2 Å². The molecule has 4 heteroatoms. The summed E-state index contributed by atoms with van der Waals surface area (Å²) in [5.41, 5.74) is 5.06. The van der Waals surface area contributed by atoms with E-state index in [0.29, 0.717) is 19.8 Å². The van der Waals surface area contributed by atoms with Crippen molar-refractivity contribution in [2.75, 3.05) is 31.7 Å². The lowest BCUT2D eigenvalue weighted by molar-refractivity contribution is 0.0314. The molecular formula is C21H27NO3. The Morgan fingerprint density at radius 1 is 1.12 bits per heavy atom. The number of aliphatic hydroxyl groups excluding tert-OH is 1. The predicted octanol–water partition coefficient (Wildman–Crippen LogP) is 3.20. The van der Waals surface area contributed by atoms with Crippen molar-refractivity contribution in [1.82, 2.24) is 0 Å². The van der Waals surface area contributed by atoms with Crippen LogP contribution in [0, 0.1) is 0 Å². The lowest BCUT2D eigenvalue weighted by atomic mass is 10.1. The SMILES string of the molecule is CCc1cccc2c1N(CC(O)COCc1ccccc1OC)CC2. The zero-order chi connectivity index (χ0) is 17.6. The van der Waals surface area contributed by atoms with Crippen LogP contribution < -0.4 is 9.64 Å². The number of aryl methyl sites for hydroxylation is 1. The molecule has 1 atom stereocenters. The van der Waals surface area contributed by atoms with Crippen LogP contribution in [0.3, 0.4) is 0 Å². The molecule has 4 nitrogen and oxygen atoms in total. The molecule has 0 saturated carbocycles. The number of methoxy groups -OCH3 is 1. The highest BCUT2D eigenvalue weighted by molar-refractivity contribution is 5.63. The molecule has 1 heterocycles. The Morgan fingerprint density at radius 3 is 2.72 bits per heavy atom. The summed E-state index contributed by atoms with van der Waals surface area (Å²) in [5.74, 6) is 0.818. The van der Waals surface area contributed by atoms with Gasteiger partial charge in [-0.05, 0) is 30.0 Å². The van der Waals surface area contributed by atoms with Gasteiger partial charge in [-0.3, -0.25) is 0 Å². The second-order valence-corrected chi connectivity index (χ2v) is 6.46. The molecule has 0 aromatic heterocycles. The molecule has 0 bridgehead atoms. The molecule has 0 spiro atoms. The van der Waals surface area contributed by atoms with E-state index in [9.17, 15) is 5.11 Å². The van der Waals surface area contributed by atoms with Gasteiger partial charge in [-0.1, -0.05) is 43.3 Å². The number of para-hydroxylation sites is 2. The highest BCUT2D eigenvalue weighted by Gasteiger charge is 2.23. The second kappa shape index (κ2) is 8.37. The third kappa shape index (κ3) is 4.14. The minimum absolute atomic E-state index is 0.318. The van der Waals surface area contributed by atoms with Crippen LogP contribution in [0.4, 0.5) is 5.69 Å². The van der Waals surface area contributed by atoms with Crippen molar-refractivity contribution in [2.24, 2.45) is 0 Å². The molecule has 134 valence electrons. The van der Waals surface area contributed by atoms with Gasteiger partial charge in [-0.15, -0.1) is 0 Å². The standard InChI is InChI=1S/C21H27NO3/c1-3-16-8-6-9-17-11-12-22(21(16)17)13-19(23)15-25-14-18-7-4-5-10-20(18)24-2/h4-10,19,23H,3,11-15H2,1-2H3. The monoisotopic (exact) mass is 341 g/mol. The maximum Gasteiger partial charge on any atom is 0.124 e. The van der Waals surface area contributed by atoms with E-state index < -0.39 is 6.10 Å². The molecule has 0 amide bonds. The minimum Gasteiger partial charge on any atom is -0.496 e. The Kier molecular flexibility index (Phi) is 5.95. The first kappa shape index (κ1) is 17.8. The highest BCUT2D eigenvalue weighted by Crippen LogP contribution is 2.32. The smallest absolute Gasteiger partial charge is 0.124 e. The maximum atomic E-state index is 10.4. The molecule has 1 N–H and O–H groups in total. The molecule has 0 saturated heterocycles. The van der Waals surface area contributed by atoms with Gasteiger partial charge in [-0.25, -0.2) is 0 Å². The maximum absolute atomic E-state index is 10.4. The third-order valence-electron chi connectivity index (χ3n) is 4.74. The Hall–Kier alpha value is -2.04. The van der Waals surface area contributed by atoms with Crippen LogP contribution in [0.5, 0.6) is 5.75 Å². The van der Waals surface area contributed by atoms with Crippen molar-refractivity contribution in [3.8, 4) is 5.75 Å². The summed E-state index contributed by atoms with van der Waals surface area (Å²) < 4.78 is 11.0. The van der Waals surface area contributed by atoms with Gasteiger partial charge in [-0.2, -0.15) is 0 Å². The summed E-state index contributed by atoms with van der Waals surface area (Å²) in [6.45, 7) is 4.51. The number of benzene rings is 2. The molecule has 1 unspecified atom stereocenters. The Balaban J connectivity index is 1.54. The molecular weight excluding hydrogens is 314 g/mol. The molecule has 0 fully saturated rings. The van der Waals surface area contributed by atoms with E-state index in [2.05, 4.69) is 30.0 Å². The van der Waals surface area contributed by atoms with Crippen LogP contribution >= 0.6 is 0 Å². The average Bonchev–Trinajstić information content (AvgIpc) is 3.05. The summed E-state index contributed by atoms with van der Waals surface area (Å²) in [5, 5.41) is 10.4. The van der Waals surface area contributed by atoms with E-state index >= 15 is 0 Å². The fraction of sp³-hybridized carbons (Fsp3) is 0.429. The Morgan fingerprint density at radius 2 is 1.92 bits per heavy atom. The quantitative estimate of drug-likeness (QED) is 0.801. The van der Waals surface area contributed by atoms with Crippen molar-refractivity contribution in [3.63, 3.8) is 0 Å². The molecule has 2 aromatic carbocycles. The van der Waals surface area contributed by atoms with Crippen LogP contribution in [-0.4, -0.2) is 38.0 Å². The lowest BCUT2D eigenvalue weighted by Crippen LogP contribution is -2.34. The van der Waals surface area contributed by atoms with Crippen LogP contribution in [0.15, 0.2) is 42.5 Å². The summed E-state index contributed by atoms with van der Waals surface area (Å²) in [6, 6.07) is 14.3. The number of β-amino-alcohol motifs (C(OH)–C–C–N with tert-alkyl or cyclic N) is 1. The minimum atomic E-state index is -0.509. The fourth-order valence-electron chi connectivity index (χ4n) is 3.52. The number of ether oxygens (including phenoxy) is 2. The van der Waals surface area contributed by atoms with Crippen LogP contribution in [0.2, 0.25) is 0 Å². The summed E-state index contributed by atoms with van der Waals surface area (Å²) in [7, 11) is 1.66. The van der Waals surface area contributed by atoms with Gasteiger partial charge in [0, 0.05) is 24.3 Å².